The molecule has 1 saturated heterocycles. The highest BCUT2D eigenvalue weighted by molar-refractivity contribution is 6.30. The normalized spacial score (nSPS) is 17.6. The van der Waals surface area contributed by atoms with Crippen molar-refractivity contribution >= 4 is 23.2 Å². The second-order valence-corrected chi connectivity index (χ2v) is 7.12. The third-order valence-corrected chi connectivity index (χ3v) is 5.12. The molecule has 1 unspecified atom stereocenters. The van der Waals surface area contributed by atoms with E-state index in [0.29, 0.717) is 17.5 Å². The smallest absolute Gasteiger partial charge is 0.269 e. The van der Waals surface area contributed by atoms with Crippen molar-refractivity contribution < 1.29 is 9.72 Å². The second-order valence-electron chi connectivity index (χ2n) is 6.68. The fourth-order valence-electron chi connectivity index (χ4n) is 3.40. The van der Waals surface area contributed by atoms with E-state index in [4.69, 9.17) is 11.6 Å². The van der Waals surface area contributed by atoms with Gasteiger partial charge in [-0.1, -0.05) is 42.3 Å². The van der Waals surface area contributed by atoms with Crippen LogP contribution in [0.3, 0.4) is 0 Å². The van der Waals surface area contributed by atoms with Gasteiger partial charge in [0.2, 0.25) is 5.91 Å². The van der Waals surface area contributed by atoms with Crippen molar-refractivity contribution in [2.24, 2.45) is 0 Å². The molecule has 26 heavy (non-hydrogen) atoms. The Hall–Kier alpha value is -2.40. The highest BCUT2D eigenvalue weighted by atomic mass is 35.5. The molecule has 0 radical (unpaired) electrons. The average molecular weight is 373 g/mol. The Morgan fingerprint density at radius 2 is 1.81 bits per heavy atom. The quantitative estimate of drug-likeness (QED) is 0.582. The molecule has 0 bridgehead atoms. The van der Waals surface area contributed by atoms with Gasteiger partial charge in [0.15, 0.2) is 0 Å². The van der Waals surface area contributed by atoms with Crippen LogP contribution in [0.1, 0.15) is 36.3 Å². The molecule has 0 spiro atoms. The Morgan fingerprint density at radius 3 is 2.46 bits per heavy atom. The predicted octanol–water partition coefficient (Wildman–Crippen LogP) is 4.59. The summed E-state index contributed by atoms with van der Waals surface area (Å²) in [4.78, 5) is 25.0. The maximum Gasteiger partial charge on any atom is 0.269 e. The van der Waals surface area contributed by atoms with Gasteiger partial charge in [0.1, 0.15) is 0 Å². The first-order chi connectivity index (χ1) is 12.5. The molecule has 0 N–H and O–H groups in total. The number of likely N-dealkylation sites (tertiary alicyclic amines) is 1. The molecule has 1 heterocycles. The van der Waals surface area contributed by atoms with E-state index in [9.17, 15) is 14.9 Å². The van der Waals surface area contributed by atoms with Crippen molar-refractivity contribution in [1.82, 2.24) is 4.90 Å². The van der Waals surface area contributed by atoms with E-state index >= 15 is 0 Å². The zero-order chi connectivity index (χ0) is 18.5. The lowest BCUT2D eigenvalue weighted by atomic mass is 9.94. The zero-order valence-electron chi connectivity index (χ0n) is 14.4. The average Bonchev–Trinajstić information content (AvgIpc) is 2.89. The number of carbonyl (C=O) groups is 1. The fraction of sp³-hybridized carbons (Fsp3) is 0.350. The van der Waals surface area contributed by atoms with Crippen molar-refractivity contribution in [3.63, 3.8) is 0 Å². The molecule has 0 aromatic heterocycles. The summed E-state index contributed by atoms with van der Waals surface area (Å²) >= 11 is 5.98. The highest BCUT2D eigenvalue weighted by Gasteiger charge is 2.23. The number of nitrogens with zero attached hydrogens (tertiary/aromatic N) is 2. The number of hydrogen-bond acceptors (Lipinski definition) is 3. The highest BCUT2D eigenvalue weighted by Crippen LogP contribution is 2.28. The van der Waals surface area contributed by atoms with Crippen LogP contribution in [0.4, 0.5) is 5.69 Å². The number of nitro groups is 1. The standard InChI is InChI=1S/C20H21ClN2O3/c21-18-8-6-16(7-9-18)17-3-1-2-12-22(14-17)20(24)13-15-4-10-19(11-5-15)23(25)26/h4-11,17H,1-3,12-14H2. The van der Waals surface area contributed by atoms with E-state index in [-0.39, 0.29) is 18.0 Å². The summed E-state index contributed by atoms with van der Waals surface area (Å²) in [5.41, 5.74) is 2.05. The summed E-state index contributed by atoms with van der Waals surface area (Å²) < 4.78 is 0. The molecule has 1 aliphatic rings. The van der Waals surface area contributed by atoms with Crippen molar-refractivity contribution in [3.05, 3.63) is 74.8 Å². The number of non-ortho nitro benzene ring substituents is 1. The second kappa shape index (κ2) is 8.32. The van der Waals surface area contributed by atoms with Crippen LogP contribution in [0.5, 0.6) is 0 Å². The molecule has 2 aromatic carbocycles. The number of halogens is 1. The number of nitro benzene ring substituents is 1. The van der Waals surface area contributed by atoms with E-state index in [1.807, 2.05) is 29.2 Å². The van der Waals surface area contributed by atoms with E-state index in [2.05, 4.69) is 0 Å². The minimum Gasteiger partial charge on any atom is -0.342 e. The molecule has 1 amide bonds. The topological polar surface area (TPSA) is 63.4 Å². The maximum atomic E-state index is 12.7. The molecule has 6 heteroatoms. The molecule has 5 nitrogen and oxygen atoms in total. The molecule has 1 aliphatic heterocycles. The number of hydrogen-bond donors (Lipinski definition) is 0. The third-order valence-electron chi connectivity index (χ3n) is 4.87. The van der Waals surface area contributed by atoms with Gasteiger partial charge in [-0.05, 0) is 36.1 Å². The monoisotopic (exact) mass is 372 g/mol. The van der Waals surface area contributed by atoms with Gasteiger partial charge >= 0.3 is 0 Å². The molecule has 3 rings (SSSR count). The molecule has 2 aromatic rings. The first-order valence-corrected chi connectivity index (χ1v) is 9.17. The van der Waals surface area contributed by atoms with Gasteiger partial charge < -0.3 is 4.90 Å². The summed E-state index contributed by atoms with van der Waals surface area (Å²) in [6, 6.07) is 14.1. The van der Waals surface area contributed by atoms with Gasteiger partial charge in [0.25, 0.3) is 5.69 Å². The summed E-state index contributed by atoms with van der Waals surface area (Å²) in [7, 11) is 0. The zero-order valence-corrected chi connectivity index (χ0v) is 15.2. The minimum absolute atomic E-state index is 0.0405. The third kappa shape index (κ3) is 4.61. The Bertz CT molecular complexity index is 775. The number of amides is 1. The predicted molar refractivity (Wildman–Crippen MR) is 101 cm³/mol. The van der Waals surface area contributed by atoms with Gasteiger partial charge in [-0.3, -0.25) is 14.9 Å². The molecular weight excluding hydrogens is 352 g/mol. The molecule has 1 fully saturated rings. The van der Waals surface area contributed by atoms with Crippen molar-refractivity contribution in [1.29, 1.82) is 0 Å². The van der Waals surface area contributed by atoms with Crippen LogP contribution in [-0.4, -0.2) is 28.8 Å². The van der Waals surface area contributed by atoms with E-state index in [1.54, 1.807) is 12.1 Å². The van der Waals surface area contributed by atoms with Crippen LogP contribution >= 0.6 is 11.6 Å². The molecule has 136 valence electrons. The van der Waals surface area contributed by atoms with Gasteiger partial charge in [0, 0.05) is 36.2 Å². The van der Waals surface area contributed by atoms with E-state index < -0.39 is 4.92 Å². The van der Waals surface area contributed by atoms with Crippen molar-refractivity contribution in [3.8, 4) is 0 Å². The van der Waals surface area contributed by atoms with Crippen LogP contribution < -0.4 is 0 Å². The van der Waals surface area contributed by atoms with Crippen LogP contribution in [0.2, 0.25) is 5.02 Å². The largest absolute Gasteiger partial charge is 0.342 e. The lowest BCUT2D eigenvalue weighted by Gasteiger charge is -2.25. The Morgan fingerprint density at radius 1 is 1.12 bits per heavy atom. The van der Waals surface area contributed by atoms with Gasteiger partial charge in [0.05, 0.1) is 11.3 Å². The lowest BCUT2D eigenvalue weighted by Crippen LogP contribution is -2.35. The molecule has 0 aliphatic carbocycles. The van der Waals surface area contributed by atoms with Crippen LogP contribution in [-0.2, 0) is 11.2 Å². The van der Waals surface area contributed by atoms with Crippen molar-refractivity contribution in [2.45, 2.75) is 31.6 Å². The van der Waals surface area contributed by atoms with Crippen LogP contribution in [0.15, 0.2) is 48.5 Å². The fourth-order valence-corrected chi connectivity index (χ4v) is 3.52. The number of carbonyl (C=O) groups excluding carboxylic acids is 1. The molecular formula is C20H21ClN2O3. The Balaban J connectivity index is 1.67. The van der Waals surface area contributed by atoms with Crippen molar-refractivity contribution in [2.75, 3.05) is 13.1 Å². The minimum atomic E-state index is -0.433. The van der Waals surface area contributed by atoms with Crippen LogP contribution in [0.25, 0.3) is 0 Å². The van der Waals surface area contributed by atoms with Gasteiger partial charge in [-0.2, -0.15) is 0 Å². The van der Waals surface area contributed by atoms with Gasteiger partial charge in [-0.25, -0.2) is 0 Å². The molecule has 1 atom stereocenters. The Kier molecular flexibility index (Phi) is 5.89. The first-order valence-electron chi connectivity index (χ1n) is 8.79. The van der Waals surface area contributed by atoms with Gasteiger partial charge in [-0.15, -0.1) is 0 Å². The van der Waals surface area contributed by atoms with Crippen LogP contribution in [0, 0.1) is 10.1 Å². The number of rotatable bonds is 4. The first kappa shape index (κ1) is 18.4. The Labute approximate surface area is 157 Å². The summed E-state index contributed by atoms with van der Waals surface area (Å²) in [5, 5.41) is 11.5. The summed E-state index contributed by atoms with van der Waals surface area (Å²) in [6.45, 7) is 1.46. The van der Waals surface area contributed by atoms with E-state index in [1.165, 1.54) is 17.7 Å². The SMILES string of the molecule is O=C(Cc1ccc([N+](=O)[O-])cc1)N1CCCCC(c2ccc(Cl)cc2)C1. The summed E-state index contributed by atoms with van der Waals surface area (Å²) in [5.74, 6) is 0.385. The lowest BCUT2D eigenvalue weighted by molar-refractivity contribution is -0.384. The molecule has 0 saturated carbocycles. The maximum absolute atomic E-state index is 12.7. The van der Waals surface area contributed by atoms with E-state index in [0.717, 1.165) is 31.4 Å². The summed E-state index contributed by atoms with van der Waals surface area (Å²) in [6.07, 6.45) is 3.42. The number of benzene rings is 2.